The van der Waals surface area contributed by atoms with E-state index in [0.717, 1.165) is 31.4 Å². The molecule has 24 heavy (non-hydrogen) atoms. The molecule has 0 heterocycles. The number of fused-ring (bicyclic) bond motifs is 2. The molecule has 0 saturated carbocycles. The summed E-state index contributed by atoms with van der Waals surface area (Å²) in [6.07, 6.45) is 8.90. The number of aryl methyl sites for hydroxylation is 2. The quantitative estimate of drug-likeness (QED) is 0.708. The van der Waals surface area contributed by atoms with Crippen molar-refractivity contribution in [3.8, 4) is 0 Å². The molecule has 1 aromatic carbocycles. The van der Waals surface area contributed by atoms with E-state index in [2.05, 4.69) is 35.3 Å². The summed E-state index contributed by atoms with van der Waals surface area (Å²) < 4.78 is 2.86. The SMILES string of the molecule is CNC(C)(C)/C=C/SNC(=O)Nc1c2c(cc3c1CCC3)CCC2. The van der Waals surface area contributed by atoms with Crippen molar-refractivity contribution in [2.24, 2.45) is 0 Å². The van der Waals surface area contributed by atoms with Gasteiger partial charge in [-0.1, -0.05) is 12.1 Å². The molecule has 0 aromatic heterocycles. The minimum Gasteiger partial charge on any atom is -0.311 e. The van der Waals surface area contributed by atoms with Crippen molar-refractivity contribution < 1.29 is 4.79 Å². The van der Waals surface area contributed by atoms with E-state index in [0.29, 0.717) is 0 Å². The standard InChI is InChI=1S/C19H27N3OS/c1-19(2,20-3)10-11-24-22-18(23)21-17-15-8-4-6-13(15)12-14-7-5-9-16(14)17/h10-12,20H,4-9H2,1-3H3,(H2,21,22,23)/b11-10+. The van der Waals surface area contributed by atoms with Gasteiger partial charge in [-0.2, -0.15) is 0 Å². The van der Waals surface area contributed by atoms with Crippen LogP contribution in [0.5, 0.6) is 0 Å². The van der Waals surface area contributed by atoms with Crippen LogP contribution in [0.4, 0.5) is 10.5 Å². The Balaban J connectivity index is 1.65. The van der Waals surface area contributed by atoms with Crippen LogP contribution in [0.1, 0.15) is 48.9 Å². The maximum atomic E-state index is 12.3. The lowest BCUT2D eigenvalue weighted by atomic mass is 9.99. The zero-order valence-corrected chi connectivity index (χ0v) is 15.6. The molecule has 130 valence electrons. The number of nitrogens with one attached hydrogen (secondary N) is 3. The van der Waals surface area contributed by atoms with Crippen LogP contribution in [0.2, 0.25) is 0 Å². The highest BCUT2D eigenvalue weighted by molar-refractivity contribution is 8.00. The molecule has 0 unspecified atom stereocenters. The Morgan fingerprint density at radius 2 is 1.75 bits per heavy atom. The molecule has 3 N–H and O–H groups in total. The molecule has 0 atom stereocenters. The zero-order chi connectivity index (χ0) is 17.2. The monoisotopic (exact) mass is 345 g/mol. The Morgan fingerprint density at radius 1 is 1.12 bits per heavy atom. The lowest BCUT2D eigenvalue weighted by molar-refractivity contribution is 0.257. The minimum atomic E-state index is -0.138. The first-order chi connectivity index (χ1) is 11.5. The van der Waals surface area contributed by atoms with Gasteiger partial charge in [0.2, 0.25) is 0 Å². The predicted molar refractivity (Wildman–Crippen MR) is 103 cm³/mol. The molecule has 2 amide bonds. The summed E-state index contributed by atoms with van der Waals surface area (Å²) in [6.45, 7) is 4.17. The van der Waals surface area contributed by atoms with Crippen molar-refractivity contribution in [3.63, 3.8) is 0 Å². The lowest BCUT2D eigenvalue weighted by Gasteiger charge is -2.18. The van der Waals surface area contributed by atoms with Crippen LogP contribution in [0, 0.1) is 0 Å². The van der Waals surface area contributed by atoms with E-state index in [1.807, 2.05) is 18.5 Å². The minimum absolute atomic E-state index is 0.0772. The van der Waals surface area contributed by atoms with Crippen molar-refractivity contribution >= 4 is 23.7 Å². The second-order valence-electron chi connectivity index (χ2n) is 7.18. The molecule has 0 spiro atoms. The second-order valence-corrected chi connectivity index (χ2v) is 7.89. The number of hydrogen-bond donors (Lipinski definition) is 3. The van der Waals surface area contributed by atoms with Crippen LogP contribution in [-0.2, 0) is 25.7 Å². The third-order valence-electron chi connectivity index (χ3n) is 5.06. The normalized spacial score (nSPS) is 16.3. The van der Waals surface area contributed by atoms with E-state index >= 15 is 0 Å². The van der Waals surface area contributed by atoms with Gasteiger partial charge in [0.25, 0.3) is 0 Å². The summed E-state index contributed by atoms with van der Waals surface area (Å²) in [6, 6.07) is 2.24. The molecule has 0 radical (unpaired) electrons. The summed E-state index contributed by atoms with van der Waals surface area (Å²) in [4.78, 5) is 12.3. The summed E-state index contributed by atoms with van der Waals surface area (Å²) in [5.41, 5.74) is 6.62. The Hall–Kier alpha value is -1.46. The number of hydrogen-bond acceptors (Lipinski definition) is 3. The Labute approximate surface area is 149 Å². The molecular weight excluding hydrogens is 318 g/mol. The molecule has 5 heteroatoms. The Bertz CT molecular complexity index is 635. The van der Waals surface area contributed by atoms with E-state index < -0.39 is 0 Å². The molecule has 2 aliphatic carbocycles. The molecule has 1 aromatic rings. The fourth-order valence-electron chi connectivity index (χ4n) is 3.48. The smallest absolute Gasteiger partial charge is 0.311 e. The molecule has 0 bridgehead atoms. The van der Waals surface area contributed by atoms with E-state index in [1.165, 1.54) is 47.0 Å². The van der Waals surface area contributed by atoms with Crippen LogP contribution >= 0.6 is 11.9 Å². The Kier molecular flexibility index (Phi) is 5.21. The number of benzene rings is 1. The van der Waals surface area contributed by atoms with Gasteiger partial charge in [-0.25, -0.2) is 4.79 Å². The number of carbonyl (C=O) groups excluding carboxylic acids is 1. The third-order valence-corrected chi connectivity index (χ3v) is 5.64. The van der Waals surface area contributed by atoms with Gasteiger partial charge in [0.15, 0.2) is 0 Å². The van der Waals surface area contributed by atoms with Gasteiger partial charge in [-0.3, -0.25) is 4.72 Å². The van der Waals surface area contributed by atoms with Crippen LogP contribution in [0.15, 0.2) is 17.6 Å². The lowest BCUT2D eigenvalue weighted by Crippen LogP contribution is -2.33. The average Bonchev–Trinajstić information content (AvgIpc) is 3.20. The van der Waals surface area contributed by atoms with Gasteiger partial charge >= 0.3 is 6.03 Å². The van der Waals surface area contributed by atoms with E-state index in [4.69, 9.17) is 0 Å². The van der Waals surface area contributed by atoms with Gasteiger partial charge in [0.05, 0.1) is 0 Å². The van der Waals surface area contributed by atoms with Crippen LogP contribution in [0.25, 0.3) is 0 Å². The van der Waals surface area contributed by atoms with Crippen LogP contribution in [-0.4, -0.2) is 18.6 Å². The fourth-order valence-corrected chi connectivity index (χ4v) is 4.12. The highest BCUT2D eigenvalue weighted by Gasteiger charge is 2.24. The molecule has 4 nitrogen and oxygen atoms in total. The van der Waals surface area contributed by atoms with Crippen molar-refractivity contribution in [2.75, 3.05) is 12.4 Å². The molecular formula is C19H27N3OS. The maximum absolute atomic E-state index is 12.3. The molecule has 0 saturated heterocycles. The van der Waals surface area contributed by atoms with Crippen molar-refractivity contribution in [2.45, 2.75) is 57.9 Å². The molecule has 0 aliphatic heterocycles. The highest BCUT2D eigenvalue weighted by atomic mass is 32.2. The first-order valence-electron chi connectivity index (χ1n) is 8.76. The van der Waals surface area contributed by atoms with Gasteiger partial charge in [0, 0.05) is 11.2 Å². The van der Waals surface area contributed by atoms with Crippen molar-refractivity contribution in [3.05, 3.63) is 39.8 Å². The van der Waals surface area contributed by atoms with E-state index in [9.17, 15) is 4.79 Å². The number of anilines is 1. The first kappa shape index (κ1) is 17.4. The average molecular weight is 346 g/mol. The zero-order valence-electron chi connectivity index (χ0n) is 14.8. The number of carbonyl (C=O) groups is 1. The van der Waals surface area contributed by atoms with Crippen LogP contribution in [0.3, 0.4) is 0 Å². The van der Waals surface area contributed by atoms with Crippen molar-refractivity contribution in [1.29, 1.82) is 0 Å². The number of amides is 2. The van der Waals surface area contributed by atoms with Gasteiger partial charge < -0.3 is 10.6 Å². The summed E-state index contributed by atoms with van der Waals surface area (Å²) in [5, 5.41) is 8.24. The van der Waals surface area contributed by atoms with Gasteiger partial charge in [-0.15, -0.1) is 0 Å². The summed E-state index contributed by atoms with van der Waals surface area (Å²) >= 11 is 1.31. The number of urea groups is 1. The second kappa shape index (κ2) is 7.19. The van der Waals surface area contributed by atoms with E-state index in [-0.39, 0.29) is 11.6 Å². The summed E-state index contributed by atoms with van der Waals surface area (Å²) in [5.74, 6) is 0. The maximum Gasteiger partial charge on any atom is 0.329 e. The number of likely N-dealkylation sites (N-methyl/N-ethyl adjacent to an activating group) is 1. The van der Waals surface area contributed by atoms with Gasteiger partial charge in [-0.05, 0) is 99.0 Å². The molecule has 0 fully saturated rings. The molecule has 3 rings (SSSR count). The number of rotatable bonds is 5. The van der Waals surface area contributed by atoms with Gasteiger partial charge in [0.1, 0.15) is 0 Å². The fraction of sp³-hybridized carbons (Fsp3) is 0.526. The van der Waals surface area contributed by atoms with Crippen molar-refractivity contribution in [1.82, 2.24) is 10.0 Å². The third kappa shape index (κ3) is 3.78. The topological polar surface area (TPSA) is 53.2 Å². The largest absolute Gasteiger partial charge is 0.329 e. The molecule has 2 aliphatic rings. The van der Waals surface area contributed by atoms with Crippen LogP contribution < -0.4 is 15.4 Å². The highest BCUT2D eigenvalue weighted by Crippen LogP contribution is 2.38. The predicted octanol–water partition coefficient (Wildman–Crippen LogP) is 3.95. The van der Waals surface area contributed by atoms with E-state index in [1.54, 1.807) is 0 Å². The summed E-state index contributed by atoms with van der Waals surface area (Å²) in [7, 11) is 1.92. The first-order valence-corrected chi connectivity index (χ1v) is 9.64. The Morgan fingerprint density at radius 3 is 2.33 bits per heavy atom.